The van der Waals surface area contributed by atoms with Crippen LogP contribution < -0.4 is 16.6 Å². The summed E-state index contributed by atoms with van der Waals surface area (Å²) in [5.41, 5.74) is 6.48. The Hall–Kier alpha value is -4.47. The zero-order chi connectivity index (χ0) is 20.1. The second-order valence-electron chi connectivity index (χ2n) is 6.21. The molecule has 0 aliphatic carbocycles. The molecular formula is C19H11N5O5. The van der Waals surface area contributed by atoms with Gasteiger partial charge in [0.15, 0.2) is 5.76 Å². The number of pyridine rings is 1. The predicted octanol–water partition coefficient (Wildman–Crippen LogP) is 1.61. The molecule has 0 unspecified atom stereocenters. The average molecular weight is 389 g/mol. The smallest absolute Gasteiger partial charge is 0.283 e. The minimum Gasteiger partial charge on any atom is -0.459 e. The number of carbonyl (C=O) groups excluding carboxylic acids is 2. The van der Waals surface area contributed by atoms with Crippen molar-refractivity contribution in [3.8, 4) is 28.8 Å². The van der Waals surface area contributed by atoms with Crippen LogP contribution >= 0.6 is 0 Å². The summed E-state index contributed by atoms with van der Waals surface area (Å²) in [6, 6.07) is 11.1. The molecule has 0 saturated heterocycles. The van der Waals surface area contributed by atoms with Crippen LogP contribution in [0.2, 0.25) is 0 Å². The summed E-state index contributed by atoms with van der Waals surface area (Å²) in [6.07, 6.45) is 1.50. The molecule has 0 fully saturated rings. The number of aromatic nitrogens is 3. The molecule has 0 spiro atoms. The number of imide groups is 1. The molecule has 4 aromatic rings. The highest BCUT2D eigenvalue weighted by Crippen LogP contribution is 2.26. The largest absolute Gasteiger partial charge is 0.459 e. The Morgan fingerprint density at radius 1 is 0.966 bits per heavy atom. The molecule has 1 aliphatic rings. The Morgan fingerprint density at radius 2 is 1.72 bits per heavy atom. The lowest BCUT2D eigenvalue weighted by atomic mass is 10.1. The van der Waals surface area contributed by atoms with Crippen molar-refractivity contribution >= 4 is 17.6 Å². The second-order valence-corrected chi connectivity index (χ2v) is 6.21. The number of nitrogens with zero attached hydrogens (tertiary/aromatic N) is 3. The molecule has 1 aromatic carbocycles. The summed E-state index contributed by atoms with van der Waals surface area (Å²) in [4.78, 5) is 36.2. The number of hydrogen-bond acceptors (Lipinski definition) is 8. The van der Waals surface area contributed by atoms with Crippen molar-refractivity contribution in [3.05, 3.63) is 70.2 Å². The topological polar surface area (TPSA) is 146 Å². The maximum atomic E-state index is 12.5. The molecule has 2 amide bonds. The summed E-state index contributed by atoms with van der Waals surface area (Å²) in [6.45, 7) is 0. The first kappa shape index (κ1) is 16.7. The van der Waals surface area contributed by atoms with Gasteiger partial charge >= 0.3 is 0 Å². The van der Waals surface area contributed by atoms with Gasteiger partial charge in [0.2, 0.25) is 5.89 Å². The summed E-state index contributed by atoms with van der Waals surface area (Å²) in [7, 11) is 0. The highest BCUT2D eigenvalue weighted by atomic mass is 16.4. The summed E-state index contributed by atoms with van der Waals surface area (Å²) in [5.74, 6) is -0.428. The minimum atomic E-state index is -0.639. The normalized spacial score (nSPS) is 12.8. The summed E-state index contributed by atoms with van der Waals surface area (Å²) >= 11 is 0. The SMILES string of the molecule is Nc1c2c(cc(=O)n1-c1ccc(-c3nnc(-c4ccco4)o3)cc1)C(=O)NC2=O. The van der Waals surface area contributed by atoms with E-state index in [0.29, 0.717) is 17.0 Å². The van der Waals surface area contributed by atoms with Crippen molar-refractivity contribution in [1.82, 2.24) is 20.1 Å². The third-order valence-corrected chi connectivity index (χ3v) is 4.48. The van der Waals surface area contributed by atoms with Crippen LogP contribution in [0.4, 0.5) is 5.82 Å². The Morgan fingerprint density at radius 3 is 2.45 bits per heavy atom. The maximum absolute atomic E-state index is 12.5. The number of benzene rings is 1. The van der Waals surface area contributed by atoms with Crippen LogP contribution in [0.15, 0.2) is 62.4 Å². The Labute approximate surface area is 161 Å². The zero-order valence-corrected chi connectivity index (χ0v) is 14.6. The monoisotopic (exact) mass is 389 g/mol. The van der Waals surface area contributed by atoms with E-state index >= 15 is 0 Å². The van der Waals surface area contributed by atoms with E-state index in [4.69, 9.17) is 14.6 Å². The van der Waals surface area contributed by atoms with Crippen molar-refractivity contribution < 1.29 is 18.4 Å². The molecule has 10 heteroatoms. The molecule has 0 saturated carbocycles. The molecule has 10 nitrogen and oxygen atoms in total. The van der Waals surface area contributed by atoms with E-state index in [9.17, 15) is 14.4 Å². The van der Waals surface area contributed by atoms with Crippen LogP contribution in [-0.2, 0) is 0 Å². The molecule has 3 aromatic heterocycles. The fraction of sp³-hybridized carbons (Fsp3) is 0. The van der Waals surface area contributed by atoms with E-state index in [1.54, 1.807) is 36.4 Å². The van der Waals surface area contributed by atoms with E-state index in [-0.39, 0.29) is 28.7 Å². The number of nitrogens with two attached hydrogens (primary N) is 1. The molecule has 0 atom stereocenters. The lowest BCUT2D eigenvalue weighted by molar-refractivity contribution is 0.0880. The van der Waals surface area contributed by atoms with E-state index in [1.807, 2.05) is 0 Å². The molecule has 1 aliphatic heterocycles. The van der Waals surface area contributed by atoms with Gasteiger partial charge in [-0.3, -0.25) is 24.3 Å². The van der Waals surface area contributed by atoms with Gasteiger partial charge in [-0.1, -0.05) is 0 Å². The van der Waals surface area contributed by atoms with Crippen LogP contribution in [0.1, 0.15) is 20.7 Å². The lowest BCUT2D eigenvalue weighted by Gasteiger charge is -2.12. The first-order chi connectivity index (χ1) is 14.0. The number of carbonyl (C=O) groups is 2. The third-order valence-electron chi connectivity index (χ3n) is 4.48. The quantitative estimate of drug-likeness (QED) is 0.503. The second kappa shape index (κ2) is 6.02. The van der Waals surface area contributed by atoms with E-state index in [1.165, 1.54) is 6.26 Å². The number of rotatable bonds is 3. The van der Waals surface area contributed by atoms with Crippen molar-refractivity contribution in [3.63, 3.8) is 0 Å². The predicted molar refractivity (Wildman–Crippen MR) is 99.2 cm³/mol. The zero-order valence-electron chi connectivity index (χ0n) is 14.6. The van der Waals surface area contributed by atoms with Crippen molar-refractivity contribution in [2.24, 2.45) is 0 Å². The first-order valence-electron chi connectivity index (χ1n) is 8.42. The highest BCUT2D eigenvalue weighted by Gasteiger charge is 2.31. The number of amides is 2. The van der Waals surface area contributed by atoms with Crippen LogP contribution in [0.5, 0.6) is 0 Å². The van der Waals surface area contributed by atoms with Crippen LogP contribution in [0.3, 0.4) is 0 Å². The van der Waals surface area contributed by atoms with Crippen molar-refractivity contribution in [2.75, 3.05) is 5.73 Å². The summed E-state index contributed by atoms with van der Waals surface area (Å²) in [5, 5.41) is 10.0. The maximum Gasteiger partial charge on any atom is 0.283 e. The van der Waals surface area contributed by atoms with Gasteiger partial charge in [-0.05, 0) is 36.4 Å². The van der Waals surface area contributed by atoms with Gasteiger partial charge < -0.3 is 14.6 Å². The third kappa shape index (κ3) is 2.54. The van der Waals surface area contributed by atoms with Gasteiger partial charge in [0.25, 0.3) is 23.3 Å². The minimum absolute atomic E-state index is 0.0151. The highest BCUT2D eigenvalue weighted by molar-refractivity contribution is 6.23. The number of nitrogens with one attached hydrogen (secondary N) is 1. The average Bonchev–Trinajstić information content (AvgIpc) is 3.43. The van der Waals surface area contributed by atoms with Crippen LogP contribution in [0.25, 0.3) is 28.8 Å². The van der Waals surface area contributed by atoms with Gasteiger partial charge in [-0.25, -0.2) is 0 Å². The fourth-order valence-electron chi connectivity index (χ4n) is 3.14. The Balaban J connectivity index is 1.54. The van der Waals surface area contributed by atoms with Gasteiger partial charge in [0.05, 0.1) is 23.1 Å². The van der Waals surface area contributed by atoms with E-state index in [0.717, 1.165) is 10.6 Å². The van der Waals surface area contributed by atoms with Crippen LogP contribution in [-0.4, -0.2) is 26.6 Å². The molecule has 0 bridgehead atoms. The van der Waals surface area contributed by atoms with E-state index < -0.39 is 17.4 Å². The van der Waals surface area contributed by atoms with Gasteiger partial charge in [0, 0.05) is 11.6 Å². The molecular weight excluding hydrogens is 378 g/mol. The number of anilines is 1. The number of fused-ring (bicyclic) bond motifs is 1. The van der Waals surface area contributed by atoms with Crippen molar-refractivity contribution in [2.45, 2.75) is 0 Å². The first-order valence-corrected chi connectivity index (χ1v) is 8.42. The molecule has 142 valence electrons. The Bertz CT molecular complexity index is 1330. The fourth-order valence-corrected chi connectivity index (χ4v) is 3.14. The van der Waals surface area contributed by atoms with Gasteiger partial charge in [0.1, 0.15) is 5.82 Å². The van der Waals surface area contributed by atoms with Crippen molar-refractivity contribution in [1.29, 1.82) is 0 Å². The lowest BCUT2D eigenvalue weighted by Crippen LogP contribution is -2.24. The van der Waals surface area contributed by atoms with Crippen LogP contribution in [0, 0.1) is 0 Å². The molecule has 4 heterocycles. The Kier molecular flexibility index (Phi) is 3.47. The summed E-state index contributed by atoms with van der Waals surface area (Å²) < 4.78 is 12.0. The standard InChI is InChI=1S/C19H11N5O5/c20-15-14-11(16(26)21-17(14)27)8-13(25)24(15)10-5-3-9(4-6-10)18-22-23-19(29-18)12-2-1-7-28-12/h1-8H,20H2,(H,21,26,27). The number of nitrogen functional groups attached to an aromatic ring is 1. The van der Waals surface area contributed by atoms with E-state index in [2.05, 4.69) is 15.5 Å². The van der Waals surface area contributed by atoms with Gasteiger partial charge in [-0.15, -0.1) is 10.2 Å². The number of hydrogen-bond donors (Lipinski definition) is 2. The molecule has 5 rings (SSSR count). The molecule has 3 N–H and O–H groups in total. The van der Waals surface area contributed by atoms with Gasteiger partial charge in [-0.2, -0.15) is 0 Å². The molecule has 29 heavy (non-hydrogen) atoms. The molecule has 0 radical (unpaired) electrons. The number of furan rings is 1.